The second kappa shape index (κ2) is 6.75. The number of piperazine rings is 1. The third kappa shape index (κ3) is 3.54. The number of halogens is 2. The van der Waals surface area contributed by atoms with Crippen molar-refractivity contribution in [2.75, 3.05) is 36.4 Å². The van der Waals surface area contributed by atoms with Crippen LogP contribution >= 0.6 is 0 Å². The van der Waals surface area contributed by atoms with Crippen LogP contribution < -0.4 is 15.5 Å². The standard InChI is InChI=1S/C17H18F2N3/c18-14-9-13(10-15(19)11-14)12-21-16-3-1-2-4-17(16)22-7-5-20-6-8-22/h2-4,9-11,20-21H,5-8,12H2. The van der Waals surface area contributed by atoms with Crippen molar-refractivity contribution in [2.24, 2.45) is 0 Å². The zero-order valence-corrected chi connectivity index (χ0v) is 12.2. The minimum Gasteiger partial charge on any atom is -0.379 e. The van der Waals surface area contributed by atoms with E-state index in [2.05, 4.69) is 21.6 Å². The smallest absolute Gasteiger partial charge is 0.126 e. The molecule has 0 unspecified atom stereocenters. The highest BCUT2D eigenvalue weighted by Crippen LogP contribution is 2.26. The summed E-state index contributed by atoms with van der Waals surface area (Å²) in [6.45, 7) is 4.15. The van der Waals surface area contributed by atoms with Gasteiger partial charge in [0.15, 0.2) is 0 Å². The third-order valence-electron chi connectivity index (χ3n) is 3.70. The second-order valence-electron chi connectivity index (χ2n) is 5.31. The summed E-state index contributed by atoms with van der Waals surface area (Å²) in [5, 5.41) is 6.58. The molecule has 22 heavy (non-hydrogen) atoms. The summed E-state index contributed by atoms with van der Waals surface area (Å²) in [6.07, 6.45) is 0. The van der Waals surface area contributed by atoms with E-state index in [1.54, 1.807) is 0 Å². The summed E-state index contributed by atoms with van der Waals surface area (Å²) in [5.41, 5.74) is 2.60. The van der Waals surface area contributed by atoms with Crippen LogP contribution in [0, 0.1) is 17.7 Å². The molecule has 1 heterocycles. The Hall–Kier alpha value is -2.14. The molecule has 0 atom stereocenters. The van der Waals surface area contributed by atoms with E-state index in [0.717, 1.165) is 43.6 Å². The van der Waals surface area contributed by atoms with Gasteiger partial charge in [-0.1, -0.05) is 6.07 Å². The van der Waals surface area contributed by atoms with Gasteiger partial charge in [0, 0.05) is 38.8 Å². The Morgan fingerprint density at radius 3 is 2.59 bits per heavy atom. The lowest BCUT2D eigenvalue weighted by atomic mass is 10.2. The molecule has 5 heteroatoms. The summed E-state index contributed by atoms with van der Waals surface area (Å²) < 4.78 is 26.5. The normalized spacial score (nSPS) is 14.9. The highest BCUT2D eigenvalue weighted by Gasteiger charge is 2.13. The van der Waals surface area contributed by atoms with E-state index in [4.69, 9.17) is 0 Å². The van der Waals surface area contributed by atoms with Crippen LogP contribution in [0.3, 0.4) is 0 Å². The molecule has 2 aromatic carbocycles. The molecule has 1 fully saturated rings. The number of hydrogen-bond donors (Lipinski definition) is 2. The number of benzene rings is 2. The van der Waals surface area contributed by atoms with Gasteiger partial charge in [-0.3, -0.25) is 0 Å². The lowest BCUT2D eigenvalue weighted by Gasteiger charge is -2.31. The van der Waals surface area contributed by atoms with Gasteiger partial charge in [-0.25, -0.2) is 8.78 Å². The van der Waals surface area contributed by atoms with Gasteiger partial charge < -0.3 is 15.5 Å². The van der Waals surface area contributed by atoms with E-state index in [9.17, 15) is 8.78 Å². The summed E-state index contributed by atoms with van der Waals surface area (Å²) in [6, 6.07) is 12.4. The molecule has 1 aliphatic heterocycles. The predicted molar refractivity (Wildman–Crippen MR) is 84.0 cm³/mol. The summed E-state index contributed by atoms with van der Waals surface area (Å²) >= 11 is 0. The molecule has 115 valence electrons. The molecule has 3 nitrogen and oxygen atoms in total. The van der Waals surface area contributed by atoms with Crippen molar-refractivity contribution in [2.45, 2.75) is 6.54 Å². The van der Waals surface area contributed by atoms with Gasteiger partial charge >= 0.3 is 0 Å². The van der Waals surface area contributed by atoms with Crippen LogP contribution in [0.15, 0.2) is 36.4 Å². The van der Waals surface area contributed by atoms with Gasteiger partial charge in [0.05, 0.1) is 11.4 Å². The Balaban J connectivity index is 1.74. The maximum atomic E-state index is 13.2. The Morgan fingerprint density at radius 2 is 1.86 bits per heavy atom. The van der Waals surface area contributed by atoms with Gasteiger partial charge in [0.2, 0.25) is 0 Å². The average molecular weight is 302 g/mol. The van der Waals surface area contributed by atoms with Crippen molar-refractivity contribution in [3.8, 4) is 0 Å². The maximum absolute atomic E-state index is 13.2. The topological polar surface area (TPSA) is 27.3 Å². The SMILES string of the molecule is Fc1cc(F)cc(CNc2c[c]ccc2N2CCNCC2)c1. The van der Waals surface area contributed by atoms with Crippen LogP contribution in [-0.2, 0) is 6.54 Å². The van der Waals surface area contributed by atoms with Crippen LogP contribution in [-0.4, -0.2) is 26.2 Å². The molecule has 2 aromatic rings. The highest BCUT2D eigenvalue weighted by molar-refractivity contribution is 5.70. The minimum absolute atomic E-state index is 0.367. The highest BCUT2D eigenvalue weighted by atomic mass is 19.1. The predicted octanol–water partition coefficient (Wildman–Crippen LogP) is 2.79. The number of anilines is 2. The van der Waals surface area contributed by atoms with Gasteiger partial charge in [-0.15, -0.1) is 0 Å². The number of hydrogen-bond acceptors (Lipinski definition) is 3. The van der Waals surface area contributed by atoms with Gasteiger partial charge in [-0.2, -0.15) is 0 Å². The summed E-state index contributed by atoms with van der Waals surface area (Å²) in [7, 11) is 0. The van der Waals surface area contributed by atoms with Crippen molar-refractivity contribution in [3.05, 3.63) is 59.7 Å². The fourth-order valence-electron chi connectivity index (χ4n) is 2.66. The molecule has 0 aromatic heterocycles. The summed E-state index contributed by atoms with van der Waals surface area (Å²) in [5.74, 6) is -1.11. The third-order valence-corrected chi connectivity index (χ3v) is 3.70. The van der Waals surface area contributed by atoms with Crippen molar-refractivity contribution in [1.29, 1.82) is 0 Å². The lowest BCUT2D eigenvalue weighted by molar-refractivity contribution is 0.580. The van der Waals surface area contributed by atoms with E-state index >= 15 is 0 Å². The van der Waals surface area contributed by atoms with Crippen molar-refractivity contribution < 1.29 is 8.78 Å². The second-order valence-corrected chi connectivity index (χ2v) is 5.31. The molecular weight excluding hydrogens is 284 g/mol. The molecule has 2 N–H and O–H groups in total. The monoisotopic (exact) mass is 302 g/mol. The summed E-state index contributed by atoms with van der Waals surface area (Å²) in [4.78, 5) is 2.29. The zero-order chi connectivity index (χ0) is 15.4. The van der Waals surface area contributed by atoms with Gasteiger partial charge in [0.1, 0.15) is 11.6 Å². The van der Waals surface area contributed by atoms with Crippen LogP contribution in [0.25, 0.3) is 0 Å². The van der Waals surface area contributed by atoms with E-state index in [0.29, 0.717) is 12.1 Å². The molecule has 0 saturated carbocycles. The van der Waals surface area contributed by atoms with E-state index in [1.165, 1.54) is 12.1 Å². The Morgan fingerprint density at radius 1 is 1.14 bits per heavy atom. The number of rotatable bonds is 4. The fourth-order valence-corrected chi connectivity index (χ4v) is 2.66. The van der Waals surface area contributed by atoms with Crippen molar-refractivity contribution in [1.82, 2.24) is 5.32 Å². The molecule has 0 aliphatic carbocycles. The number of nitrogens with one attached hydrogen (secondary N) is 2. The first-order chi connectivity index (χ1) is 10.7. The first kappa shape index (κ1) is 14.8. The Labute approximate surface area is 128 Å². The first-order valence-corrected chi connectivity index (χ1v) is 7.37. The van der Waals surface area contributed by atoms with Crippen LogP contribution in [0.1, 0.15) is 5.56 Å². The Kier molecular flexibility index (Phi) is 4.53. The largest absolute Gasteiger partial charge is 0.379 e. The fraction of sp³-hybridized carbons (Fsp3) is 0.294. The molecule has 0 amide bonds. The zero-order valence-electron chi connectivity index (χ0n) is 12.2. The molecule has 1 radical (unpaired) electrons. The average Bonchev–Trinajstić information content (AvgIpc) is 2.53. The molecule has 1 saturated heterocycles. The lowest BCUT2D eigenvalue weighted by Crippen LogP contribution is -2.43. The quantitative estimate of drug-likeness (QED) is 0.909. The van der Waals surface area contributed by atoms with Crippen molar-refractivity contribution in [3.63, 3.8) is 0 Å². The maximum Gasteiger partial charge on any atom is 0.126 e. The molecule has 0 spiro atoms. The van der Waals surface area contributed by atoms with Crippen LogP contribution in [0.5, 0.6) is 0 Å². The van der Waals surface area contributed by atoms with Crippen molar-refractivity contribution >= 4 is 11.4 Å². The molecule has 3 rings (SSSR count). The molecular formula is C17H18F2N3. The molecule has 1 aliphatic rings. The van der Waals surface area contributed by atoms with Gasteiger partial charge in [0.25, 0.3) is 0 Å². The molecule has 0 bridgehead atoms. The van der Waals surface area contributed by atoms with E-state index in [1.807, 2.05) is 18.2 Å². The van der Waals surface area contributed by atoms with E-state index in [-0.39, 0.29) is 0 Å². The van der Waals surface area contributed by atoms with Crippen LogP contribution in [0.4, 0.5) is 20.2 Å². The van der Waals surface area contributed by atoms with Crippen LogP contribution in [0.2, 0.25) is 0 Å². The number of nitrogens with zero attached hydrogens (tertiary/aromatic N) is 1. The van der Waals surface area contributed by atoms with E-state index < -0.39 is 11.6 Å². The first-order valence-electron chi connectivity index (χ1n) is 7.37. The Bertz CT molecular complexity index is 619. The minimum atomic E-state index is -0.557. The van der Waals surface area contributed by atoms with Gasteiger partial charge in [-0.05, 0) is 35.9 Å².